The summed E-state index contributed by atoms with van der Waals surface area (Å²) < 4.78 is 40.8. The van der Waals surface area contributed by atoms with Crippen molar-refractivity contribution in [2.45, 2.75) is 29.8 Å². The van der Waals surface area contributed by atoms with E-state index in [2.05, 4.69) is 10.3 Å². The molecule has 4 rings (SSSR count). The zero-order chi connectivity index (χ0) is 22.7. The molecule has 11 heteroatoms. The first-order chi connectivity index (χ1) is 15.4. The lowest BCUT2D eigenvalue weighted by Crippen LogP contribution is -2.42. The molecule has 1 aromatic heterocycles. The molecular weight excluding hydrogens is 502 g/mol. The smallest absolute Gasteiger partial charge is 0.255 e. The normalized spacial score (nSPS) is 16.7. The third kappa shape index (κ3) is 5.92. The number of rotatable bonds is 6. The molecule has 2 atom stereocenters. The Morgan fingerprint density at radius 2 is 1.65 bits per heavy atom. The largest absolute Gasteiger partial charge is 0.323 e. The van der Waals surface area contributed by atoms with E-state index in [1.165, 1.54) is 16.4 Å². The summed E-state index contributed by atoms with van der Waals surface area (Å²) in [5.41, 5.74) is 8.29. The fraction of sp³-hybridized carbons (Fsp3) is 0.217. The Hall–Kier alpha value is -2.56. The third-order valence-electron chi connectivity index (χ3n) is 5.58. The number of sulfonamides is 1. The van der Waals surface area contributed by atoms with Gasteiger partial charge in [-0.15, -0.1) is 24.8 Å². The van der Waals surface area contributed by atoms with Gasteiger partial charge >= 0.3 is 0 Å². The summed E-state index contributed by atoms with van der Waals surface area (Å²) in [6.07, 6.45) is 4.48. The van der Waals surface area contributed by atoms with Crippen LogP contribution in [0.4, 0.5) is 10.1 Å². The average Bonchev–Trinajstić information content (AvgIpc) is 3.31. The van der Waals surface area contributed by atoms with Crippen molar-refractivity contribution in [3.8, 4) is 0 Å². The Morgan fingerprint density at radius 3 is 2.26 bits per heavy atom. The van der Waals surface area contributed by atoms with Gasteiger partial charge in [0.25, 0.3) is 5.91 Å². The summed E-state index contributed by atoms with van der Waals surface area (Å²) in [6.45, 7) is 0.352. The SMILES string of the molecule is Cl.Cl.NC(c1ccc(C(=O)Nc2ccncc2)cc1)C1CCCN1S(=O)(=O)c1ccc(F)cc1. The zero-order valence-corrected chi connectivity index (χ0v) is 20.5. The van der Waals surface area contributed by atoms with Crippen molar-refractivity contribution in [1.29, 1.82) is 0 Å². The molecule has 0 aliphatic carbocycles. The first-order valence-corrected chi connectivity index (χ1v) is 11.6. The van der Waals surface area contributed by atoms with Gasteiger partial charge < -0.3 is 11.1 Å². The predicted octanol–water partition coefficient (Wildman–Crippen LogP) is 4.17. The van der Waals surface area contributed by atoms with Gasteiger partial charge in [-0.1, -0.05) is 12.1 Å². The van der Waals surface area contributed by atoms with Crippen molar-refractivity contribution in [2.75, 3.05) is 11.9 Å². The van der Waals surface area contributed by atoms with Crippen molar-refractivity contribution in [3.05, 3.63) is 90.0 Å². The predicted molar refractivity (Wildman–Crippen MR) is 133 cm³/mol. The topological polar surface area (TPSA) is 105 Å². The highest BCUT2D eigenvalue weighted by molar-refractivity contribution is 7.89. The van der Waals surface area contributed by atoms with Crippen LogP contribution in [0.3, 0.4) is 0 Å². The monoisotopic (exact) mass is 526 g/mol. The molecule has 1 amide bonds. The quantitative estimate of drug-likeness (QED) is 0.501. The standard InChI is InChI=1S/C23H23FN4O3S.2ClH/c24-18-7-9-20(10-8-18)32(30,31)28-15-1-2-21(28)22(25)16-3-5-17(6-4-16)23(29)27-19-11-13-26-14-12-19;;/h3-14,21-22H,1-2,15,25H2,(H,26,27,29);2*1H. The molecule has 0 bridgehead atoms. The molecule has 0 spiro atoms. The minimum atomic E-state index is -3.80. The van der Waals surface area contributed by atoms with Crippen molar-refractivity contribution in [2.24, 2.45) is 5.73 Å². The summed E-state index contributed by atoms with van der Waals surface area (Å²) in [5.74, 6) is -0.760. The number of carbonyl (C=O) groups excluding carboxylic acids is 1. The van der Waals surface area contributed by atoms with Crippen LogP contribution in [0.15, 0.2) is 78.0 Å². The van der Waals surface area contributed by atoms with Gasteiger partial charge in [0.05, 0.1) is 4.90 Å². The van der Waals surface area contributed by atoms with Crippen LogP contribution in [-0.2, 0) is 10.0 Å². The van der Waals surface area contributed by atoms with Crippen molar-refractivity contribution in [3.63, 3.8) is 0 Å². The maximum Gasteiger partial charge on any atom is 0.255 e. The molecule has 7 nitrogen and oxygen atoms in total. The van der Waals surface area contributed by atoms with Crippen molar-refractivity contribution >= 4 is 46.4 Å². The highest BCUT2D eigenvalue weighted by atomic mass is 35.5. The number of pyridine rings is 1. The van der Waals surface area contributed by atoms with E-state index >= 15 is 0 Å². The lowest BCUT2D eigenvalue weighted by Gasteiger charge is -2.29. The maximum atomic E-state index is 13.2. The summed E-state index contributed by atoms with van der Waals surface area (Å²) in [7, 11) is -3.80. The lowest BCUT2D eigenvalue weighted by molar-refractivity contribution is 0.102. The molecule has 1 aliphatic heterocycles. The number of amides is 1. The lowest BCUT2D eigenvalue weighted by atomic mass is 9.98. The van der Waals surface area contributed by atoms with Crippen LogP contribution in [0.2, 0.25) is 0 Å². The third-order valence-corrected chi connectivity index (χ3v) is 7.52. The van der Waals surface area contributed by atoms with E-state index in [0.29, 0.717) is 30.6 Å². The second-order valence-corrected chi connectivity index (χ2v) is 9.51. The maximum absolute atomic E-state index is 13.2. The van der Waals surface area contributed by atoms with Crippen molar-refractivity contribution in [1.82, 2.24) is 9.29 Å². The van der Waals surface area contributed by atoms with Gasteiger partial charge in [0.2, 0.25) is 10.0 Å². The van der Waals surface area contributed by atoms with Gasteiger partial charge in [0.1, 0.15) is 5.82 Å². The minimum absolute atomic E-state index is 0. The number of carbonyl (C=O) groups is 1. The molecular formula is C23H25Cl2FN4O3S. The van der Waals surface area contributed by atoms with Gasteiger partial charge in [-0.05, 0) is 66.9 Å². The van der Waals surface area contributed by atoms with Crippen LogP contribution in [0.1, 0.15) is 34.8 Å². The molecule has 1 saturated heterocycles. The Bertz CT molecular complexity index is 1200. The molecule has 1 fully saturated rings. The van der Waals surface area contributed by atoms with E-state index in [4.69, 9.17) is 5.73 Å². The molecule has 3 aromatic rings. The first kappa shape index (κ1) is 27.7. The van der Waals surface area contributed by atoms with Crippen LogP contribution < -0.4 is 11.1 Å². The van der Waals surface area contributed by atoms with Crippen LogP contribution >= 0.6 is 24.8 Å². The highest BCUT2D eigenvalue weighted by Crippen LogP contribution is 2.32. The van der Waals surface area contributed by atoms with E-state index in [0.717, 1.165) is 17.7 Å². The Labute approximate surface area is 210 Å². The fourth-order valence-electron chi connectivity index (χ4n) is 3.88. The molecule has 2 aromatic carbocycles. The number of anilines is 1. The first-order valence-electron chi connectivity index (χ1n) is 10.2. The van der Waals surface area contributed by atoms with Gasteiger partial charge in [-0.25, -0.2) is 12.8 Å². The van der Waals surface area contributed by atoms with E-state index in [9.17, 15) is 17.6 Å². The number of hydrogen-bond acceptors (Lipinski definition) is 5. The van der Waals surface area contributed by atoms with Gasteiger partial charge in [0.15, 0.2) is 0 Å². The summed E-state index contributed by atoms with van der Waals surface area (Å²) in [4.78, 5) is 16.4. The number of aromatic nitrogens is 1. The Balaban J connectivity index is 0.00000204. The molecule has 182 valence electrons. The molecule has 3 N–H and O–H groups in total. The molecule has 2 unspecified atom stereocenters. The molecule has 2 heterocycles. The van der Waals surface area contributed by atoms with E-state index in [-0.39, 0.29) is 35.6 Å². The summed E-state index contributed by atoms with van der Waals surface area (Å²) >= 11 is 0. The second kappa shape index (κ2) is 11.7. The summed E-state index contributed by atoms with van der Waals surface area (Å²) in [6, 6.07) is 14.0. The zero-order valence-electron chi connectivity index (χ0n) is 18.0. The molecule has 0 saturated carbocycles. The molecule has 34 heavy (non-hydrogen) atoms. The summed E-state index contributed by atoms with van der Waals surface area (Å²) in [5, 5.41) is 2.79. The van der Waals surface area contributed by atoms with Gasteiger partial charge in [0, 0.05) is 42.3 Å². The van der Waals surface area contributed by atoms with Crippen LogP contribution in [0, 0.1) is 5.82 Å². The molecule has 0 radical (unpaired) electrons. The number of nitrogens with one attached hydrogen (secondary N) is 1. The van der Waals surface area contributed by atoms with Crippen LogP contribution in [0.25, 0.3) is 0 Å². The number of nitrogens with two attached hydrogens (primary N) is 1. The van der Waals surface area contributed by atoms with E-state index in [1.54, 1.807) is 48.8 Å². The van der Waals surface area contributed by atoms with E-state index in [1.807, 2.05) is 0 Å². The fourth-order valence-corrected chi connectivity index (χ4v) is 5.60. The number of nitrogens with zero attached hydrogens (tertiary/aromatic N) is 2. The van der Waals surface area contributed by atoms with E-state index < -0.39 is 27.9 Å². The van der Waals surface area contributed by atoms with Crippen LogP contribution in [0.5, 0.6) is 0 Å². The second-order valence-electron chi connectivity index (χ2n) is 7.62. The Morgan fingerprint density at radius 1 is 1.03 bits per heavy atom. The van der Waals surface area contributed by atoms with Crippen LogP contribution in [-0.4, -0.2) is 36.2 Å². The molecule has 1 aliphatic rings. The van der Waals surface area contributed by atoms with Gasteiger partial charge in [-0.3, -0.25) is 9.78 Å². The highest BCUT2D eigenvalue weighted by Gasteiger charge is 2.39. The van der Waals surface area contributed by atoms with Gasteiger partial charge in [-0.2, -0.15) is 4.31 Å². The Kier molecular flexibility index (Phi) is 9.54. The van der Waals surface area contributed by atoms with Crippen molar-refractivity contribution < 1.29 is 17.6 Å². The number of hydrogen-bond donors (Lipinski definition) is 2. The number of halogens is 3. The minimum Gasteiger partial charge on any atom is -0.323 e. The number of benzene rings is 2. The average molecular weight is 527 g/mol.